The van der Waals surface area contributed by atoms with Crippen molar-refractivity contribution < 1.29 is 14.3 Å². The maximum absolute atomic E-state index is 13.0. The first-order chi connectivity index (χ1) is 18.6. The van der Waals surface area contributed by atoms with Crippen LogP contribution in [0.4, 0.5) is 11.4 Å². The van der Waals surface area contributed by atoms with Crippen molar-refractivity contribution in [1.29, 1.82) is 5.26 Å². The Morgan fingerprint density at radius 2 is 1.84 bits per heavy atom. The quantitative estimate of drug-likeness (QED) is 0.320. The topological polar surface area (TPSA) is 104 Å². The van der Waals surface area contributed by atoms with Crippen LogP contribution in [-0.2, 0) is 4.74 Å². The van der Waals surface area contributed by atoms with Crippen molar-refractivity contribution in [2.75, 3.05) is 44.7 Å². The van der Waals surface area contributed by atoms with Crippen molar-refractivity contribution in [2.24, 2.45) is 0 Å². The van der Waals surface area contributed by atoms with Crippen LogP contribution in [-0.4, -0.2) is 59.8 Å². The largest absolute Gasteiger partial charge is 0.457 e. The molecule has 1 aliphatic heterocycles. The predicted octanol–water partition coefficient (Wildman–Crippen LogP) is 4.50. The van der Waals surface area contributed by atoms with Crippen molar-refractivity contribution in [2.45, 2.75) is 13.3 Å². The Kier molecular flexibility index (Phi) is 7.83. The fraction of sp³-hybridized carbons (Fsp3) is 0.276. The van der Waals surface area contributed by atoms with Crippen molar-refractivity contribution >= 4 is 22.8 Å². The highest BCUT2D eigenvalue weighted by atomic mass is 16.5. The molecule has 38 heavy (non-hydrogen) atoms. The fourth-order valence-corrected chi connectivity index (χ4v) is 4.53. The highest BCUT2D eigenvalue weighted by Crippen LogP contribution is 2.31. The molecule has 5 rings (SSSR count). The molecule has 2 aromatic heterocycles. The van der Waals surface area contributed by atoms with Crippen molar-refractivity contribution in [3.05, 3.63) is 83.7 Å². The molecule has 1 fully saturated rings. The molecule has 0 saturated carbocycles. The van der Waals surface area contributed by atoms with Gasteiger partial charge in [-0.1, -0.05) is 18.2 Å². The summed E-state index contributed by atoms with van der Waals surface area (Å²) >= 11 is 0. The average molecular weight is 511 g/mol. The normalized spacial score (nSPS) is 13.7. The number of carbonyl (C=O) groups excluding carboxylic acids is 1. The molecule has 0 radical (unpaired) electrons. The number of anilines is 2. The molecular formula is C29H30N6O3. The van der Waals surface area contributed by atoms with Gasteiger partial charge in [0.2, 0.25) is 0 Å². The summed E-state index contributed by atoms with van der Waals surface area (Å²) in [4.78, 5) is 15.4. The first-order valence-corrected chi connectivity index (χ1v) is 12.7. The van der Waals surface area contributed by atoms with Crippen LogP contribution in [0.1, 0.15) is 27.9 Å². The number of aromatic nitrogens is 2. The summed E-state index contributed by atoms with van der Waals surface area (Å²) in [6, 6.07) is 19.3. The van der Waals surface area contributed by atoms with Crippen LogP contribution >= 0.6 is 0 Å². The Morgan fingerprint density at radius 1 is 1.11 bits per heavy atom. The third-order valence-corrected chi connectivity index (χ3v) is 6.57. The van der Waals surface area contributed by atoms with Crippen LogP contribution in [0, 0.1) is 18.3 Å². The lowest BCUT2D eigenvalue weighted by atomic mass is 10.1. The minimum atomic E-state index is -0.151. The van der Waals surface area contributed by atoms with Gasteiger partial charge in [-0.3, -0.25) is 9.69 Å². The van der Waals surface area contributed by atoms with Crippen molar-refractivity contribution in [3.63, 3.8) is 0 Å². The summed E-state index contributed by atoms with van der Waals surface area (Å²) in [5.41, 5.74) is 3.75. The van der Waals surface area contributed by atoms with Gasteiger partial charge in [-0.15, -0.1) is 0 Å². The number of hydrogen-bond donors (Lipinski definition) is 2. The van der Waals surface area contributed by atoms with Crippen LogP contribution in [0.2, 0.25) is 0 Å². The fourth-order valence-electron chi connectivity index (χ4n) is 4.53. The summed E-state index contributed by atoms with van der Waals surface area (Å²) in [6.07, 6.45) is 4.09. The molecule has 4 aromatic rings. The predicted molar refractivity (Wildman–Crippen MR) is 145 cm³/mol. The van der Waals surface area contributed by atoms with Crippen LogP contribution in [0.5, 0.6) is 11.5 Å². The molecule has 9 heteroatoms. The lowest BCUT2D eigenvalue weighted by molar-refractivity contribution is 0.0374. The molecule has 0 bridgehead atoms. The number of ether oxygens (including phenoxy) is 2. The minimum Gasteiger partial charge on any atom is -0.457 e. The summed E-state index contributed by atoms with van der Waals surface area (Å²) in [5.74, 6) is 1.31. The first kappa shape index (κ1) is 25.3. The summed E-state index contributed by atoms with van der Waals surface area (Å²) in [5, 5.41) is 20.5. The van der Waals surface area contributed by atoms with E-state index in [-0.39, 0.29) is 5.91 Å². The molecule has 1 saturated heterocycles. The SMILES string of the molecule is Cc1c(C(=O)NCCCN2CCOCC2)cn2ncc(C#N)c(Nc3ccc(Oc4ccccc4)cc3)c12. The Bertz CT molecular complexity index is 1440. The highest BCUT2D eigenvalue weighted by Gasteiger charge is 2.20. The van der Waals surface area contributed by atoms with E-state index < -0.39 is 0 Å². The van der Waals surface area contributed by atoms with Crippen LogP contribution < -0.4 is 15.4 Å². The third-order valence-electron chi connectivity index (χ3n) is 6.57. The summed E-state index contributed by atoms with van der Waals surface area (Å²) < 4.78 is 12.9. The second-order valence-corrected chi connectivity index (χ2v) is 9.13. The molecule has 0 unspecified atom stereocenters. The number of nitriles is 1. The number of aryl methyl sites for hydroxylation is 1. The Hall–Kier alpha value is -4.39. The standard InChI is InChI=1S/C29H30N6O3/c1-21-26(29(36)31-12-5-13-34-14-16-37-17-15-34)20-35-28(21)27(22(18-30)19-32-35)33-23-8-10-25(11-9-23)38-24-6-3-2-4-7-24/h2-4,6-11,19-20,33H,5,12-17H2,1H3,(H,31,36). The van der Waals surface area contributed by atoms with E-state index in [1.165, 1.54) is 6.20 Å². The minimum absolute atomic E-state index is 0.151. The number of carbonyl (C=O) groups is 1. The summed E-state index contributed by atoms with van der Waals surface area (Å²) in [6.45, 7) is 6.79. The van der Waals surface area contributed by atoms with Gasteiger partial charge in [0, 0.05) is 31.5 Å². The zero-order chi connectivity index (χ0) is 26.3. The average Bonchev–Trinajstić information content (AvgIpc) is 3.30. The van der Waals surface area contributed by atoms with E-state index in [1.807, 2.05) is 61.5 Å². The van der Waals surface area contributed by atoms with Crippen molar-refractivity contribution in [1.82, 2.24) is 19.8 Å². The number of benzene rings is 2. The number of amides is 1. The van der Waals surface area contributed by atoms with Gasteiger partial charge in [0.15, 0.2) is 0 Å². The van der Waals surface area contributed by atoms with E-state index in [1.54, 1.807) is 10.7 Å². The number of fused-ring (bicyclic) bond motifs is 1. The second-order valence-electron chi connectivity index (χ2n) is 9.13. The smallest absolute Gasteiger partial charge is 0.253 e. The number of para-hydroxylation sites is 1. The number of nitrogens with zero attached hydrogens (tertiary/aromatic N) is 4. The zero-order valence-electron chi connectivity index (χ0n) is 21.3. The summed E-state index contributed by atoms with van der Waals surface area (Å²) in [7, 11) is 0. The molecule has 2 N–H and O–H groups in total. The molecule has 1 amide bonds. The Labute approximate surface area is 221 Å². The number of nitrogens with one attached hydrogen (secondary N) is 2. The molecule has 0 atom stereocenters. The number of rotatable bonds is 9. The van der Waals surface area contributed by atoms with E-state index in [0.717, 1.165) is 56.3 Å². The van der Waals surface area contributed by atoms with Gasteiger partial charge in [0.1, 0.15) is 17.6 Å². The Morgan fingerprint density at radius 3 is 2.58 bits per heavy atom. The molecule has 9 nitrogen and oxygen atoms in total. The van der Waals surface area contributed by atoms with E-state index in [9.17, 15) is 10.1 Å². The Balaban J connectivity index is 1.30. The van der Waals surface area contributed by atoms with Crippen LogP contribution in [0.25, 0.3) is 5.52 Å². The van der Waals surface area contributed by atoms with Gasteiger partial charge in [-0.05, 0) is 61.9 Å². The third kappa shape index (κ3) is 5.78. The lowest BCUT2D eigenvalue weighted by Gasteiger charge is -2.26. The van der Waals surface area contributed by atoms with Gasteiger partial charge >= 0.3 is 0 Å². The van der Waals surface area contributed by atoms with Crippen molar-refractivity contribution in [3.8, 4) is 17.6 Å². The van der Waals surface area contributed by atoms with Crippen LogP contribution in [0.15, 0.2) is 67.0 Å². The molecule has 0 spiro atoms. The molecular weight excluding hydrogens is 480 g/mol. The van der Waals surface area contributed by atoms with Gasteiger partial charge in [0.05, 0.1) is 41.7 Å². The second kappa shape index (κ2) is 11.8. The van der Waals surface area contributed by atoms with Gasteiger partial charge < -0.3 is 20.1 Å². The monoisotopic (exact) mass is 510 g/mol. The van der Waals surface area contributed by atoms with E-state index >= 15 is 0 Å². The maximum atomic E-state index is 13.0. The van der Waals surface area contributed by atoms with Gasteiger partial charge in [-0.2, -0.15) is 10.4 Å². The maximum Gasteiger partial charge on any atom is 0.253 e. The number of morpholine rings is 1. The highest BCUT2D eigenvalue weighted by molar-refractivity contribution is 6.00. The zero-order valence-corrected chi connectivity index (χ0v) is 21.3. The van der Waals surface area contributed by atoms with E-state index in [0.29, 0.717) is 34.6 Å². The molecule has 3 heterocycles. The van der Waals surface area contributed by atoms with Crippen LogP contribution in [0.3, 0.4) is 0 Å². The molecule has 1 aliphatic rings. The first-order valence-electron chi connectivity index (χ1n) is 12.7. The lowest BCUT2D eigenvalue weighted by Crippen LogP contribution is -2.38. The number of hydrogen-bond acceptors (Lipinski definition) is 7. The van der Waals surface area contributed by atoms with E-state index in [2.05, 4.69) is 26.7 Å². The molecule has 2 aromatic carbocycles. The van der Waals surface area contributed by atoms with E-state index in [4.69, 9.17) is 9.47 Å². The molecule has 194 valence electrons. The molecule has 0 aliphatic carbocycles. The van der Waals surface area contributed by atoms with Gasteiger partial charge in [0.25, 0.3) is 5.91 Å². The van der Waals surface area contributed by atoms with Gasteiger partial charge in [-0.25, -0.2) is 4.52 Å².